The fourth-order valence-corrected chi connectivity index (χ4v) is 4.45. The quantitative estimate of drug-likeness (QED) is 0.582. The molecule has 0 atom stereocenters. The predicted molar refractivity (Wildman–Crippen MR) is 129 cm³/mol. The minimum absolute atomic E-state index is 0.109. The molecule has 1 amide bonds. The van der Waals surface area contributed by atoms with E-state index in [1.165, 1.54) is 0 Å². The summed E-state index contributed by atoms with van der Waals surface area (Å²) in [5.41, 5.74) is 3.58. The number of H-pyrrole nitrogens is 1. The molecule has 3 aromatic rings. The van der Waals surface area contributed by atoms with Gasteiger partial charge in [0, 0.05) is 44.3 Å². The lowest BCUT2D eigenvalue weighted by atomic mass is 10.1. The lowest BCUT2D eigenvalue weighted by Crippen LogP contribution is -2.46. The zero-order chi connectivity index (χ0) is 23.8. The number of pyridine rings is 1. The van der Waals surface area contributed by atoms with Crippen LogP contribution < -0.4 is 15.8 Å². The van der Waals surface area contributed by atoms with Gasteiger partial charge >= 0.3 is 0 Å². The number of nitrogens with one attached hydrogen (secondary N) is 2. The zero-order valence-electron chi connectivity index (χ0n) is 19.5. The summed E-state index contributed by atoms with van der Waals surface area (Å²) in [7, 11) is 0. The van der Waals surface area contributed by atoms with Crippen molar-refractivity contribution in [2.45, 2.75) is 45.7 Å². The molecule has 1 aliphatic heterocycles. The first-order chi connectivity index (χ1) is 16.4. The maximum absolute atomic E-state index is 15.1. The highest BCUT2D eigenvalue weighted by atomic mass is 19.1. The molecule has 1 saturated carbocycles. The van der Waals surface area contributed by atoms with Gasteiger partial charge in [0.1, 0.15) is 16.9 Å². The second-order valence-electron chi connectivity index (χ2n) is 9.11. The van der Waals surface area contributed by atoms with Crippen molar-refractivity contribution >= 4 is 22.6 Å². The van der Waals surface area contributed by atoms with Gasteiger partial charge in [0.25, 0.3) is 11.5 Å². The van der Waals surface area contributed by atoms with Crippen LogP contribution in [0.4, 0.5) is 10.1 Å². The number of hydrogen-bond acceptors (Lipinski definition) is 6. The Morgan fingerprint density at radius 3 is 2.59 bits per heavy atom. The Balaban J connectivity index is 1.24. The number of hydrogen-bond donors (Lipinski definition) is 2. The van der Waals surface area contributed by atoms with Gasteiger partial charge in [-0.15, -0.1) is 0 Å². The average Bonchev–Trinajstić information content (AvgIpc) is 3.65. The molecule has 0 radical (unpaired) electrons. The molecule has 34 heavy (non-hydrogen) atoms. The highest BCUT2D eigenvalue weighted by Gasteiger charge is 2.25. The van der Waals surface area contributed by atoms with E-state index < -0.39 is 5.82 Å². The molecule has 2 N–H and O–H groups in total. The molecule has 1 aliphatic carbocycles. The van der Waals surface area contributed by atoms with Gasteiger partial charge in [-0.3, -0.25) is 14.5 Å². The van der Waals surface area contributed by atoms with Crippen molar-refractivity contribution in [2.24, 2.45) is 0 Å². The molecule has 2 aromatic heterocycles. The number of aryl methyl sites for hydroxylation is 2. The van der Waals surface area contributed by atoms with Crippen LogP contribution in [0.15, 0.2) is 29.1 Å². The fraction of sp³-hybridized carbons (Fsp3) is 0.440. The van der Waals surface area contributed by atoms with Gasteiger partial charge in [-0.05, 0) is 44.4 Å². The van der Waals surface area contributed by atoms with Crippen LogP contribution >= 0.6 is 0 Å². The number of aromatic nitrogens is 3. The predicted octanol–water partition coefficient (Wildman–Crippen LogP) is 2.54. The van der Waals surface area contributed by atoms with Gasteiger partial charge in [0.15, 0.2) is 5.82 Å². The monoisotopic (exact) mass is 464 g/mol. The summed E-state index contributed by atoms with van der Waals surface area (Å²) in [6.07, 6.45) is 2.60. The Bertz CT molecular complexity index is 1290. The first-order valence-electron chi connectivity index (χ1n) is 11.9. The van der Waals surface area contributed by atoms with Crippen LogP contribution in [0.2, 0.25) is 0 Å². The second kappa shape index (κ2) is 9.13. The number of nitrogens with zero attached hydrogens (tertiary/aromatic N) is 4. The second-order valence-corrected chi connectivity index (χ2v) is 9.11. The number of carbonyl (C=O) groups excluding carboxylic acids is 1. The van der Waals surface area contributed by atoms with Crippen LogP contribution in [0, 0.1) is 12.7 Å². The maximum Gasteiger partial charge on any atom is 0.270 e. The normalized spacial score (nSPS) is 16.7. The number of aromatic amines is 1. The number of benzene rings is 1. The van der Waals surface area contributed by atoms with Gasteiger partial charge in [-0.2, -0.15) is 0 Å². The van der Waals surface area contributed by atoms with Gasteiger partial charge in [-0.1, -0.05) is 13.0 Å². The molecule has 1 saturated heterocycles. The van der Waals surface area contributed by atoms with E-state index in [-0.39, 0.29) is 17.0 Å². The molecule has 178 valence electrons. The van der Waals surface area contributed by atoms with Crippen LogP contribution in [0.3, 0.4) is 0 Å². The van der Waals surface area contributed by atoms with Crippen molar-refractivity contribution in [1.29, 1.82) is 0 Å². The number of anilines is 1. The standard InChI is InChI=1S/C25H29FN6O2/c1-3-18-24(33)30-23-19(29-18)7-4-16(22(23)26)14-31-10-12-32(13-11-31)21-9-8-20(27-15(21)2)25(34)28-17-5-6-17/h4,7-9,17H,3,5-6,10-14H2,1-2H3,(H,28,34)(H,30,33). The van der Waals surface area contributed by atoms with Crippen LogP contribution in [-0.4, -0.2) is 58.0 Å². The summed E-state index contributed by atoms with van der Waals surface area (Å²) in [5.74, 6) is -0.519. The topological polar surface area (TPSA) is 94.2 Å². The molecular formula is C25H29FN6O2. The Morgan fingerprint density at radius 2 is 1.91 bits per heavy atom. The van der Waals surface area contributed by atoms with Crippen molar-refractivity contribution in [3.8, 4) is 0 Å². The molecular weight excluding hydrogens is 435 g/mol. The van der Waals surface area contributed by atoms with Crippen molar-refractivity contribution in [3.05, 3.63) is 63.1 Å². The minimum Gasteiger partial charge on any atom is -0.368 e. The smallest absolute Gasteiger partial charge is 0.270 e. The van der Waals surface area contributed by atoms with E-state index in [0.717, 1.165) is 50.4 Å². The SMILES string of the molecule is CCc1nc2ccc(CN3CCN(c4ccc(C(=O)NC5CC5)nc4C)CC3)c(F)c2[nH]c1=O. The van der Waals surface area contributed by atoms with E-state index in [2.05, 4.69) is 30.1 Å². The molecule has 0 bridgehead atoms. The summed E-state index contributed by atoms with van der Waals surface area (Å²) in [6, 6.07) is 7.59. The maximum atomic E-state index is 15.1. The first-order valence-corrected chi connectivity index (χ1v) is 11.9. The summed E-state index contributed by atoms with van der Waals surface area (Å²) < 4.78 is 15.1. The number of rotatable bonds is 6. The van der Waals surface area contributed by atoms with E-state index in [4.69, 9.17) is 0 Å². The number of fused-ring (bicyclic) bond motifs is 1. The van der Waals surface area contributed by atoms with Crippen molar-refractivity contribution < 1.29 is 9.18 Å². The van der Waals surface area contributed by atoms with Gasteiger partial charge in [-0.25, -0.2) is 14.4 Å². The van der Waals surface area contributed by atoms with Crippen LogP contribution in [0.5, 0.6) is 0 Å². The Hall–Kier alpha value is -3.33. The lowest BCUT2D eigenvalue weighted by molar-refractivity contribution is 0.0946. The summed E-state index contributed by atoms with van der Waals surface area (Å²) >= 11 is 0. The Labute approximate surface area is 197 Å². The highest BCUT2D eigenvalue weighted by molar-refractivity contribution is 5.93. The Morgan fingerprint density at radius 1 is 1.15 bits per heavy atom. The largest absolute Gasteiger partial charge is 0.368 e. The number of carbonyl (C=O) groups is 1. The summed E-state index contributed by atoms with van der Waals surface area (Å²) in [4.78, 5) is 40.3. The molecule has 0 spiro atoms. The molecule has 9 heteroatoms. The van der Waals surface area contributed by atoms with Gasteiger partial charge < -0.3 is 15.2 Å². The van der Waals surface area contributed by atoms with E-state index in [1.807, 2.05) is 19.9 Å². The van der Waals surface area contributed by atoms with E-state index in [9.17, 15) is 9.59 Å². The highest BCUT2D eigenvalue weighted by Crippen LogP contribution is 2.24. The van der Waals surface area contributed by atoms with Crippen molar-refractivity contribution in [1.82, 2.24) is 25.2 Å². The summed E-state index contributed by atoms with van der Waals surface area (Å²) in [5, 5.41) is 2.97. The molecule has 3 heterocycles. The van der Waals surface area contributed by atoms with E-state index in [0.29, 0.717) is 41.5 Å². The molecule has 2 fully saturated rings. The fourth-order valence-electron chi connectivity index (χ4n) is 4.45. The van der Waals surface area contributed by atoms with Crippen LogP contribution in [0.1, 0.15) is 47.2 Å². The van der Waals surface area contributed by atoms with E-state index in [1.54, 1.807) is 18.2 Å². The zero-order valence-corrected chi connectivity index (χ0v) is 19.5. The molecule has 1 aromatic carbocycles. The van der Waals surface area contributed by atoms with Crippen molar-refractivity contribution in [3.63, 3.8) is 0 Å². The molecule has 8 nitrogen and oxygen atoms in total. The van der Waals surface area contributed by atoms with Crippen LogP contribution in [-0.2, 0) is 13.0 Å². The van der Waals surface area contributed by atoms with Gasteiger partial charge in [0.05, 0.1) is 16.9 Å². The minimum atomic E-state index is -0.410. The number of amides is 1. The number of piperazine rings is 1. The molecule has 5 rings (SSSR count). The molecule has 2 aliphatic rings. The average molecular weight is 465 g/mol. The Kier molecular flexibility index (Phi) is 6.03. The third-order valence-electron chi connectivity index (χ3n) is 6.60. The third-order valence-corrected chi connectivity index (χ3v) is 6.60. The van der Waals surface area contributed by atoms with E-state index >= 15 is 4.39 Å². The molecule has 0 unspecified atom stereocenters. The van der Waals surface area contributed by atoms with Gasteiger partial charge in [0.2, 0.25) is 0 Å². The summed E-state index contributed by atoms with van der Waals surface area (Å²) in [6.45, 7) is 7.34. The van der Waals surface area contributed by atoms with Crippen LogP contribution in [0.25, 0.3) is 11.0 Å². The first kappa shape index (κ1) is 22.5. The number of halogens is 1. The lowest BCUT2D eigenvalue weighted by Gasteiger charge is -2.36. The third kappa shape index (κ3) is 4.52. The van der Waals surface area contributed by atoms with Crippen molar-refractivity contribution in [2.75, 3.05) is 31.1 Å².